The van der Waals surface area contributed by atoms with Crippen molar-refractivity contribution in [2.24, 2.45) is 0 Å². The van der Waals surface area contributed by atoms with E-state index in [1.165, 1.54) is 42.2 Å². The summed E-state index contributed by atoms with van der Waals surface area (Å²) in [6, 6.07) is 0.741. The molecule has 0 aliphatic carbocycles. The Bertz CT molecular complexity index is 420. The molecule has 3 heterocycles. The van der Waals surface area contributed by atoms with Crippen LogP contribution in [0.3, 0.4) is 0 Å². The maximum atomic E-state index is 5.95. The molecule has 18 heavy (non-hydrogen) atoms. The second-order valence-electron chi connectivity index (χ2n) is 5.04. The van der Waals surface area contributed by atoms with Crippen molar-refractivity contribution < 1.29 is 0 Å². The molecule has 0 amide bonds. The highest BCUT2D eigenvalue weighted by molar-refractivity contribution is 7.99. The summed E-state index contributed by atoms with van der Waals surface area (Å²) in [6.45, 7) is 4.83. The Labute approximate surface area is 117 Å². The predicted molar refractivity (Wildman–Crippen MR) is 79.7 cm³/mol. The van der Waals surface area contributed by atoms with E-state index in [1.807, 2.05) is 0 Å². The first-order valence-electron chi connectivity index (χ1n) is 6.57. The van der Waals surface area contributed by atoms with Crippen molar-refractivity contribution in [2.75, 3.05) is 43.1 Å². The van der Waals surface area contributed by atoms with Crippen LogP contribution >= 0.6 is 23.3 Å². The van der Waals surface area contributed by atoms with E-state index in [0.717, 1.165) is 19.1 Å². The molecule has 0 spiro atoms. The summed E-state index contributed by atoms with van der Waals surface area (Å²) < 4.78 is 4.32. The van der Waals surface area contributed by atoms with E-state index in [-0.39, 0.29) is 0 Å². The monoisotopic (exact) mass is 284 g/mol. The Hall–Kier alpha value is -0.460. The van der Waals surface area contributed by atoms with Crippen LogP contribution in [0, 0.1) is 0 Å². The number of nitrogens with two attached hydrogens (primary N) is 1. The fourth-order valence-corrected chi connectivity index (χ4v) is 4.79. The third-order valence-electron chi connectivity index (χ3n) is 3.95. The van der Waals surface area contributed by atoms with Gasteiger partial charge in [-0.3, -0.25) is 4.90 Å². The van der Waals surface area contributed by atoms with Crippen molar-refractivity contribution in [3.8, 4) is 0 Å². The molecule has 2 fully saturated rings. The molecule has 0 bridgehead atoms. The van der Waals surface area contributed by atoms with Crippen molar-refractivity contribution in [2.45, 2.75) is 30.2 Å². The maximum Gasteiger partial charge on any atom is 0.153 e. The summed E-state index contributed by atoms with van der Waals surface area (Å²) in [5.74, 6) is 0.704. The molecule has 2 aliphatic heterocycles. The summed E-state index contributed by atoms with van der Waals surface area (Å²) in [4.78, 5) is 6.34. The third-order valence-corrected chi connectivity index (χ3v) is 5.82. The number of anilines is 2. The van der Waals surface area contributed by atoms with E-state index in [0.29, 0.717) is 5.82 Å². The van der Waals surface area contributed by atoms with Gasteiger partial charge in [0.05, 0.1) is 4.90 Å². The number of hydrogen-bond donors (Lipinski definition) is 1. The Kier molecular flexibility index (Phi) is 3.68. The van der Waals surface area contributed by atoms with Gasteiger partial charge < -0.3 is 10.6 Å². The molecule has 1 aromatic heterocycles. The number of nitrogens with zero attached hydrogens (tertiary/aromatic N) is 3. The van der Waals surface area contributed by atoms with Gasteiger partial charge in [-0.1, -0.05) is 0 Å². The summed E-state index contributed by atoms with van der Waals surface area (Å²) in [7, 11) is 0. The van der Waals surface area contributed by atoms with Gasteiger partial charge in [0.15, 0.2) is 5.82 Å². The molecular weight excluding hydrogens is 264 g/mol. The number of hydrogen-bond acceptors (Lipinski definition) is 6. The summed E-state index contributed by atoms with van der Waals surface area (Å²) in [5.41, 5.74) is 5.95. The van der Waals surface area contributed by atoms with Crippen LogP contribution in [0.2, 0.25) is 0 Å². The molecule has 1 unspecified atom stereocenters. The molecule has 0 aromatic carbocycles. The average molecular weight is 284 g/mol. The molecule has 1 atom stereocenters. The number of nitrogen functional groups attached to an aromatic ring is 1. The Morgan fingerprint density at radius 2 is 2.17 bits per heavy atom. The zero-order chi connectivity index (χ0) is 12.5. The van der Waals surface area contributed by atoms with Gasteiger partial charge >= 0.3 is 0 Å². The van der Waals surface area contributed by atoms with Crippen LogP contribution in [0.4, 0.5) is 10.8 Å². The topological polar surface area (TPSA) is 45.4 Å². The van der Waals surface area contributed by atoms with Crippen LogP contribution < -0.4 is 10.6 Å². The van der Waals surface area contributed by atoms with Crippen molar-refractivity contribution in [3.05, 3.63) is 0 Å². The summed E-state index contributed by atoms with van der Waals surface area (Å²) in [6.07, 6.45) is 6.05. The number of rotatable bonds is 2. The van der Waals surface area contributed by atoms with E-state index < -0.39 is 0 Å². The zero-order valence-corrected chi connectivity index (χ0v) is 12.4. The first-order chi connectivity index (χ1) is 8.79. The Balaban J connectivity index is 1.82. The normalized spacial score (nSPS) is 25.2. The van der Waals surface area contributed by atoms with Crippen LogP contribution in [-0.2, 0) is 0 Å². The summed E-state index contributed by atoms with van der Waals surface area (Å²) in [5, 5.41) is 1.29. The van der Waals surface area contributed by atoms with Crippen LogP contribution in [-0.4, -0.2) is 47.8 Å². The molecule has 3 rings (SSSR count). The predicted octanol–water partition coefficient (Wildman–Crippen LogP) is 2.12. The Morgan fingerprint density at radius 1 is 1.33 bits per heavy atom. The second-order valence-corrected chi connectivity index (χ2v) is 6.61. The number of aromatic nitrogens is 1. The van der Waals surface area contributed by atoms with E-state index in [1.54, 1.807) is 23.3 Å². The fourth-order valence-electron chi connectivity index (χ4n) is 3.07. The Morgan fingerprint density at radius 3 is 3.00 bits per heavy atom. The van der Waals surface area contributed by atoms with Gasteiger partial charge in [0, 0.05) is 25.7 Å². The smallest absolute Gasteiger partial charge is 0.153 e. The third kappa shape index (κ3) is 2.21. The zero-order valence-electron chi connectivity index (χ0n) is 10.8. The van der Waals surface area contributed by atoms with Crippen molar-refractivity contribution in [1.29, 1.82) is 0 Å². The minimum absolute atomic E-state index is 0.704. The minimum Gasteiger partial charge on any atom is -0.382 e. The standard InChI is InChI=1S/C12H20N4S2/c1-17-10-11(13)14-18-12(10)16-7-3-6-15-5-2-4-9(15)8-16/h9H,2-8H2,1H3,(H2,13,14). The van der Waals surface area contributed by atoms with Crippen molar-refractivity contribution in [3.63, 3.8) is 0 Å². The largest absolute Gasteiger partial charge is 0.382 e. The van der Waals surface area contributed by atoms with Crippen molar-refractivity contribution in [1.82, 2.24) is 9.27 Å². The van der Waals surface area contributed by atoms with Crippen molar-refractivity contribution >= 4 is 34.1 Å². The molecule has 6 heteroatoms. The van der Waals surface area contributed by atoms with Gasteiger partial charge in [-0.05, 0) is 43.6 Å². The minimum atomic E-state index is 0.704. The summed E-state index contributed by atoms with van der Waals surface area (Å²) >= 11 is 3.28. The van der Waals surface area contributed by atoms with Crippen LogP contribution in [0.15, 0.2) is 4.90 Å². The quantitative estimate of drug-likeness (QED) is 0.843. The molecule has 100 valence electrons. The van der Waals surface area contributed by atoms with Crippen LogP contribution in [0.25, 0.3) is 0 Å². The van der Waals surface area contributed by atoms with Gasteiger partial charge in [0.1, 0.15) is 5.00 Å². The van der Waals surface area contributed by atoms with Crippen LogP contribution in [0.1, 0.15) is 19.3 Å². The SMILES string of the molecule is CSc1c(N)nsc1N1CCCN2CCCC2C1. The molecule has 0 saturated carbocycles. The average Bonchev–Trinajstić information content (AvgIpc) is 2.90. The fraction of sp³-hybridized carbons (Fsp3) is 0.750. The van der Waals surface area contributed by atoms with Gasteiger partial charge in [-0.15, -0.1) is 11.8 Å². The molecule has 4 nitrogen and oxygen atoms in total. The van der Waals surface area contributed by atoms with Gasteiger partial charge in [0.2, 0.25) is 0 Å². The maximum absolute atomic E-state index is 5.95. The van der Waals surface area contributed by atoms with E-state index in [2.05, 4.69) is 20.4 Å². The molecular formula is C12H20N4S2. The first-order valence-corrected chi connectivity index (χ1v) is 8.57. The van der Waals surface area contributed by atoms with Crippen LogP contribution in [0.5, 0.6) is 0 Å². The molecule has 1 aromatic rings. The second kappa shape index (κ2) is 5.27. The van der Waals surface area contributed by atoms with Gasteiger partial charge in [-0.2, -0.15) is 4.37 Å². The molecule has 2 N–H and O–H groups in total. The lowest BCUT2D eigenvalue weighted by atomic mass is 10.2. The first kappa shape index (κ1) is 12.6. The molecule has 2 aliphatic rings. The van der Waals surface area contributed by atoms with Gasteiger partial charge in [0.25, 0.3) is 0 Å². The lowest BCUT2D eigenvalue weighted by molar-refractivity contribution is 0.273. The van der Waals surface area contributed by atoms with E-state index >= 15 is 0 Å². The number of thioether (sulfide) groups is 1. The highest BCUT2D eigenvalue weighted by atomic mass is 32.2. The number of fused-ring (bicyclic) bond motifs is 1. The molecule has 0 radical (unpaired) electrons. The van der Waals surface area contributed by atoms with Gasteiger partial charge in [-0.25, -0.2) is 0 Å². The lowest BCUT2D eigenvalue weighted by Crippen LogP contribution is -2.36. The van der Waals surface area contributed by atoms with E-state index in [4.69, 9.17) is 5.73 Å². The van der Waals surface area contributed by atoms with E-state index in [9.17, 15) is 0 Å². The lowest BCUT2D eigenvalue weighted by Gasteiger charge is -2.26. The molecule has 2 saturated heterocycles. The highest BCUT2D eigenvalue weighted by Gasteiger charge is 2.30. The highest BCUT2D eigenvalue weighted by Crippen LogP contribution is 2.38.